The van der Waals surface area contributed by atoms with Crippen molar-refractivity contribution in [3.63, 3.8) is 0 Å². The molecule has 0 aliphatic carbocycles. The van der Waals surface area contributed by atoms with Gasteiger partial charge in [0.2, 0.25) is 5.91 Å². The van der Waals surface area contributed by atoms with Crippen LogP contribution in [-0.2, 0) is 4.79 Å². The van der Waals surface area contributed by atoms with Crippen molar-refractivity contribution in [2.75, 3.05) is 0 Å². The summed E-state index contributed by atoms with van der Waals surface area (Å²) in [7, 11) is 0. The molecule has 94 valence electrons. The Morgan fingerprint density at radius 3 is 2.61 bits per heavy atom. The third kappa shape index (κ3) is 3.12. The first-order valence-electron chi connectivity index (χ1n) is 4.71. The second kappa shape index (κ2) is 5.70. The van der Waals surface area contributed by atoms with Crippen LogP contribution in [0.5, 0.6) is 0 Å². The van der Waals surface area contributed by atoms with Crippen molar-refractivity contribution < 1.29 is 14.4 Å². The van der Waals surface area contributed by atoms with Crippen molar-refractivity contribution in [1.29, 1.82) is 0 Å². The lowest BCUT2D eigenvalue weighted by Crippen LogP contribution is -2.17. The molecule has 0 unspecified atom stereocenters. The van der Waals surface area contributed by atoms with Crippen molar-refractivity contribution in [2.45, 2.75) is 0 Å². The molecule has 0 spiro atoms. The molecule has 1 aromatic rings. The molecule has 5 nitrogen and oxygen atoms in total. The first-order chi connectivity index (χ1) is 8.06. The van der Waals surface area contributed by atoms with Gasteiger partial charge in [-0.05, 0) is 35.5 Å². The summed E-state index contributed by atoms with van der Waals surface area (Å²) in [6.07, 6.45) is 1.54. The highest BCUT2D eigenvalue weighted by atomic mass is 35.5. The van der Waals surface area contributed by atoms with E-state index in [2.05, 4.69) is 5.32 Å². The summed E-state index contributed by atoms with van der Waals surface area (Å²) in [4.78, 5) is 33.5. The number of nitrogens with one attached hydrogen (secondary N) is 1. The summed E-state index contributed by atoms with van der Waals surface area (Å²) in [6.45, 7) is 0. The van der Waals surface area contributed by atoms with Gasteiger partial charge in [0.15, 0.2) is 0 Å². The highest BCUT2D eigenvalue weighted by Crippen LogP contribution is 2.25. The molecule has 18 heavy (non-hydrogen) atoms. The average molecular weight is 285 g/mol. The number of benzene rings is 1. The maximum Gasteiger partial charge on any atom is 0.290 e. The fraction of sp³-hybridized carbons (Fsp3) is 0. The second-order valence-electron chi connectivity index (χ2n) is 3.34. The van der Waals surface area contributed by atoms with Crippen LogP contribution in [0.2, 0.25) is 0 Å². The molecule has 1 heterocycles. The molecule has 3 N–H and O–H groups in total. The topological polar surface area (TPSA) is 89.3 Å². The minimum atomic E-state index is -0.537. The van der Waals surface area contributed by atoms with Crippen LogP contribution < -0.4 is 11.1 Å². The molecule has 7 heteroatoms. The predicted molar refractivity (Wildman–Crippen MR) is 71.3 cm³/mol. The molecule has 1 aliphatic rings. The Bertz CT molecular complexity index is 557. The van der Waals surface area contributed by atoms with Crippen LogP contribution in [0.3, 0.4) is 0 Å². The Kier molecular flexibility index (Phi) is 4.52. The molecule has 1 aliphatic heterocycles. The van der Waals surface area contributed by atoms with E-state index < -0.39 is 17.1 Å². The van der Waals surface area contributed by atoms with Crippen LogP contribution in [0, 0.1) is 0 Å². The molecule has 3 amide bonds. The van der Waals surface area contributed by atoms with Gasteiger partial charge in [-0.1, -0.05) is 12.1 Å². The number of imide groups is 1. The quantitative estimate of drug-likeness (QED) is 0.806. The third-order valence-corrected chi connectivity index (χ3v) is 2.92. The predicted octanol–water partition coefficient (Wildman–Crippen LogP) is 1.53. The Balaban J connectivity index is 0.00000162. The normalized spacial score (nSPS) is 16.3. The average Bonchev–Trinajstić information content (AvgIpc) is 2.58. The number of halogens is 1. The van der Waals surface area contributed by atoms with E-state index in [1.165, 1.54) is 6.08 Å². The molecule has 1 saturated heterocycles. The monoisotopic (exact) mass is 284 g/mol. The van der Waals surface area contributed by atoms with E-state index in [9.17, 15) is 14.4 Å². The molecule has 0 radical (unpaired) electrons. The van der Waals surface area contributed by atoms with Gasteiger partial charge in [-0.15, -0.1) is 12.4 Å². The van der Waals surface area contributed by atoms with Gasteiger partial charge in [0.25, 0.3) is 11.1 Å². The minimum Gasteiger partial charge on any atom is -0.366 e. The van der Waals surface area contributed by atoms with Crippen LogP contribution >= 0.6 is 24.2 Å². The summed E-state index contributed by atoms with van der Waals surface area (Å²) in [5.74, 6) is -0.964. The highest BCUT2D eigenvalue weighted by Gasteiger charge is 2.24. The molecule has 1 fully saturated rings. The van der Waals surface area contributed by atoms with Gasteiger partial charge in [0.05, 0.1) is 4.91 Å². The van der Waals surface area contributed by atoms with E-state index in [-0.39, 0.29) is 12.4 Å². The van der Waals surface area contributed by atoms with E-state index >= 15 is 0 Å². The number of thioether (sulfide) groups is 1. The molecule has 1 aromatic carbocycles. The maximum absolute atomic E-state index is 11.3. The summed E-state index contributed by atoms with van der Waals surface area (Å²) < 4.78 is 0. The molecule has 2 rings (SSSR count). The Hall–Kier alpha value is -1.79. The van der Waals surface area contributed by atoms with Gasteiger partial charge < -0.3 is 5.73 Å². The number of primary amides is 1. The Labute approximate surface area is 113 Å². The van der Waals surface area contributed by atoms with Crippen molar-refractivity contribution in [3.8, 4) is 0 Å². The molecule has 0 atom stereocenters. The fourth-order valence-corrected chi connectivity index (χ4v) is 2.04. The first kappa shape index (κ1) is 14.3. The van der Waals surface area contributed by atoms with Crippen molar-refractivity contribution in [3.05, 3.63) is 40.3 Å². The van der Waals surface area contributed by atoms with E-state index in [1.54, 1.807) is 24.3 Å². The SMILES string of the molecule is Cl.NC(=O)c1cccc(/C=C2\SC(=O)NC2=O)c1. The van der Waals surface area contributed by atoms with Crippen LogP contribution in [0.15, 0.2) is 29.2 Å². The summed E-state index contributed by atoms with van der Waals surface area (Å²) >= 11 is 0.828. The molecular weight excluding hydrogens is 276 g/mol. The summed E-state index contributed by atoms with van der Waals surface area (Å²) in [6, 6.07) is 6.52. The number of carbonyl (C=O) groups is 3. The van der Waals surface area contributed by atoms with Crippen molar-refractivity contribution >= 4 is 47.3 Å². The summed E-state index contributed by atoms with van der Waals surface area (Å²) in [5.41, 5.74) is 6.14. The zero-order chi connectivity index (χ0) is 12.4. The van der Waals surface area contributed by atoms with Gasteiger partial charge in [0, 0.05) is 5.56 Å². The van der Waals surface area contributed by atoms with Gasteiger partial charge in [-0.2, -0.15) is 0 Å². The van der Waals surface area contributed by atoms with Crippen LogP contribution in [-0.4, -0.2) is 17.1 Å². The number of rotatable bonds is 2. The molecule has 0 aromatic heterocycles. The first-order valence-corrected chi connectivity index (χ1v) is 5.52. The Morgan fingerprint density at radius 2 is 2.06 bits per heavy atom. The van der Waals surface area contributed by atoms with Crippen molar-refractivity contribution in [1.82, 2.24) is 5.32 Å². The van der Waals surface area contributed by atoms with Gasteiger partial charge in [-0.25, -0.2) is 0 Å². The number of amides is 3. The largest absolute Gasteiger partial charge is 0.366 e. The number of hydrogen-bond acceptors (Lipinski definition) is 4. The fourth-order valence-electron chi connectivity index (χ4n) is 1.35. The van der Waals surface area contributed by atoms with E-state index in [0.717, 1.165) is 11.8 Å². The van der Waals surface area contributed by atoms with Crippen LogP contribution in [0.25, 0.3) is 6.08 Å². The smallest absolute Gasteiger partial charge is 0.290 e. The minimum absolute atomic E-state index is 0. The van der Waals surface area contributed by atoms with E-state index in [0.29, 0.717) is 16.0 Å². The van der Waals surface area contributed by atoms with E-state index in [4.69, 9.17) is 5.73 Å². The lowest BCUT2D eigenvalue weighted by Gasteiger charge is -1.98. The van der Waals surface area contributed by atoms with Crippen LogP contribution in [0.1, 0.15) is 15.9 Å². The lowest BCUT2D eigenvalue weighted by atomic mass is 10.1. The van der Waals surface area contributed by atoms with Crippen molar-refractivity contribution in [2.24, 2.45) is 5.73 Å². The number of carbonyl (C=O) groups excluding carboxylic acids is 3. The van der Waals surface area contributed by atoms with Crippen LogP contribution in [0.4, 0.5) is 4.79 Å². The molecule has 0 saturated carbocycles. The maximum atomic E-state index is 11.3. The van der Waals surface area contributed by atoms with Gasteiger partial charge in [0.1, 0.15) is 0 Å². The van der Waals surface area contributed by atoms with Gasteiger partial charge >= 0.3 is 0 Å². The Morgan fingerprint density at radius 1 is 1.33 bits per heavy atom. The second-order valence-corrected chi connectivity index (χ2v) is 4.36. The molecule has 0 bridgehead atoms. The third-order valence-electron chi connectivity index (χ3n) is 2.11. The van der Waals surface area contributed by atoms with E-state index in [1.807, 2.05) is 0 Å². The standard InChI is InChI=1S/C11H8N2O3S.ClH/c12-9(14)7-3-1-2-6(4-7)5-8-10(15)13-11(16)17-8;/h1-5H,(H2,12,14)(H,13,15,16);1H/b8-5-;. The number of nitrogens with two attached hydrogens (primary N) is 1. The number of hydrogen-bond donors (Lipinski definition) is 2. The van der Waals surface area contributed by atoms with Gasteiger partial charge in [-0.3, -0.25) is 19.7 Å². The lowest BCUT2D eigenvalue weighted by molar-refractivity contribution is -0.115. The zero-order valence-corrected chi connectivity index (χ0v) is 10.6. The molecular formula is C11H9ClN2O3S. The summed E-state index contributed by atoms with van der Waals surface area (Å²) in [5, 5.41) is 1.75. The highest BCUT2D eigenvalue weighted by molar-refractivity contribution is 8.18. The zero-order valence-electron chi connectivity index (χ0n) is 9.01.